The van der Waals surface area contributed by atoms with Crippen molar-refractivity contribution in [2.75, 3.05) is 6.54 Å². The van der Waals surface area contributed by atoms with E-state index in [1.807, 2.05) is 12.1 Å². The molecule has 3 heteroatoms. The molecule has 106 valence electrons. The Kier molecular flexibility index (Phi) is 5.96. The summed E-state index contributed by atoms with van der Waals surface area (Å²) in [5, 5.41) is 4.33. The van der Waals surface area contributed by atoms with E-state index in [0.717, 1.165) is 18.0 Å². The summed E-state index contributed by atoms with van der Waals surface area (Å²) >= 11 is 7.73. The van der Waals surface area contributed by atoms with Gasteiger partial charge in [-0.3, -0.25) is 0 Å². The van der Waals surface area contributed by atoms with E-state index in [9.17, 15) is 0 Å². The Morgan fingerprint density at radius 3 is 2.40 bits per heavy atom. The van der Waals surface area contributed by atoms with Gasteiger partial charge in [0.25, 0.3) is 0 Å². The van der Waals surface area contributed by atoms with Crippen molar-refractivity contribution >= 4 is 23.4 Å². The molecule has 2 aromatic rings. The molecule has 0 aliphatic rings. The molecule has 0 saturated carbocycles. The number of halogens is 1. The summed E-state index contributed by atoms with van der Waals surface area (Å²) in [4.78, 5) is 2.52. The molecule has 2 rings (SSSR count). The fourth-order valence-corrected chi connectivity index (χ4v) is 3.34. The van der Waals surface area contributed by atoms with Gasteiger partial charge >= 0.3 is 0 Å². The van der Waals surface area contributed by atoms with Gasteiger partial charge in [-0.25, -0.2) is 0 Å². The van der Waals surface area contributed by atoms with Crippen molar-refractivity contribution in [3.05, 3.63) is 59.1 Å². The number of benzene rings is 2. The zero-order chi connectivity index (χ0) is 14.4. The third kappa shape index (κ3) is 4.02. The van der Waals surface area contributed by atoms with Crippen molar-refractivity contribution in [3.8, 4) is 0 Å². The zero-order valence-corrected chi connectivity index (χ0v) is 13.5. The monoisotopic (exact) mass is 305 g/mol. The second-order valence-electron chi connectivity index (χ2n) is 4.61. The molecular formula is C17H20ClNS. The fourth-order valence-electron chi connectivity index (χ4n) is 2.21. The number of hydrogen-bond donors (Lipinski definition) is 1. The van der Waals surface area contributed by atoms with Crippen LogP contribution in [0.5, 0.6) is 0 Å². The highest BCUT2D eigenvalue weighted by Crippen LogP contribution is 2.34. The maximum Gasteiger partial charge on any atom is 0.0406 e. The molecule has 0 heterocycles. The minimum Gasteiger partial charge on any atom is -0.310 e. The van der Waals surface area contributed by atoms with Crippen molar-refractivity contribution in [3.63, 3.8) is 0 Å². The fraction of sp³-hybridized carbons (Fsp3) is 0.294. The molecule has 0 saturated heterocycles. The molecule has 0 radical (unpaired) electrons. The summed E-state index contributed by atoms with van der Waals surface area (Å²) in [6.07, 6.45) is 1.09. The van der Waals surface area contributed by atoms with Gasteiger partial charge in [-0.1, -0.05) is 55.4 Å². The Labute approximate surface area is 130 Å². The standard InChI is InChI=1S/C17H20ClNS/c1-3-16(19-4-2)15-7-5-6-8-17(15)20-14-11-9-13(18)10-12-14/h5-12,16,19H,3-4H2,1-2H3. The van der Waals surface area contributed by atoms with E-state index in [1.54, 1.807) is 11.8 Å². The van der Waals surface area contributed by atoms with Crippen LogP contribution in [-0.2, 0) is 0 Å². The first kappa shape index (κ1) is 15.4. The molecule has 1 N–H and O–H groups in total. The SMILES string of the molecule is CCNC(CC)c1ccccc1Sc1ccc(Cl)cc1. The molecule has 0 spiro atoms. The molecule has 1 unspecified atom stereocenters. The van der Waals surface area contributed by atoms with Gasteiger partial charge in [0.05, 0.1) is 0 Å². The Morgan fingerprint density at radius 2 is 1.75 bits per heavy atom. The van der Waals surface area contributed by atoms with Crippen molar-refractivity contribution in [2.45, 2.75) is 36.1 Å². The van der Waals surface area contributed by atoms with Gasteiger partial charge in [-0.2, -0.15) is 0 Å². The molecule has 20 heavy (non-hydrogen) atoms. The van der Waals surface area contributed by atoms with Gasteiger partial charge in [-0.05, 0) is 48.9 Å². The maximum atomic E-state index is 5.94. The lowest BCUT2D eigenvalue weighted by atomic mass is 10.0. The van der Waals surface area contributed by atoms with E-state index in [-0.39, 0.29) is 0 Å². The summed E-state index contributed by atoms with van der Waals surface area (Å²) in [7, 11) is 0. The van der Waals surface area contributed by atoms with Crippen LogP contribution < -0.4 is 5.32 Å². The third-order valence-corrected chi connectivity index (χ3v) is 4.55. The largest absolute Gasteiger partial charge is 0.310 e. The molecular weight excluding hydrogens is 286 g/mol. The Morgan fingerprint density at radius 1 is 1.05 bits per heavy atom. The molecule has 0 aromatic heterocycles. The molecule has 0 fully saturated rings. The summed E-state index contributed by atoms with van der Waals surface area (Å²) in [5.74, 6) is 0. The average molecular weight is 306 g/mol. The molecule has 0 amide bonds. The minimum atomic E-state index is 0.413. The van der Waals surface area contributed by atoms with E-state index in [0.29, 0.717) is 6.04 Å². The van der Waals surface area contributed by atoms with E-state index < -0.39 is 0 Å². The average Bonchev–Trinajstić information content (AvgIpc) is 2.48. The molecule has 0 bridgehead atoms. The van der Waals surface area contributed by atoms with Gasteiger partial charge in [0.15, 0.2) is 0 Å². The maximum absolute atomic E-state index is 5.94. The van der Waals surface area contributed by atoms with Crippen LogP contribution in [0.2, 0.25) is 5.02 Å². The zero-order valence-electron chi connectivity index (χ0n) is 11.9. The van der Waals surface area contributed by atoms with Crippen LogP contribution in [0.1, 0.15) is 31.9 Å². The van der Waals surface area contributed by atoms with Crippen molar-refractivity contribution in [2.24, 2.45) is 0 Å². The summed E-state index contributed by atoms with van der Waals surface area (Å²) in [5.41, 5.74) is 1.37. The van der Waals surface area contributed by atoms with Gasteiger partial charge < -0.3 is 5.32 Å². The lowest BCUT2D eigenvalue weighted by Gasteiger charge is -2.19. The van der Waals surface area contributed by atoms with Gasteiger partial charge in [0.1, 0.15) is 0 Å². The van der Waals surface area contributed by atoms with Crippen LogP contribution in [0.25, 0.3) is 0 Å². The van der Waals surface area contributed by atoms with Crippen LogP contribution in [0.3, 0.4) is 0 Å². The number of rotatable bonds is 6. The predicted octanol–water partition coefficient (Wildman–Crippen LogP) is 5.55. The second kappa shape index (κ2) is 7.72. The Hall–Kier alpha value is -0.960. The Bertz CT molecular complexity index is 539. The van der Waals surface area contributed by atoms with E-state index in [2.05, 4.69) is 55.6 Å². The predicted molar refractivity (Wildman–Crippen MR) is 88.7 cm³/mol. The first-order valence-corrected chi connectivity index (χ1v) is 8.19. The molecule has 1 atom stereocenters. The highest BCUT2D eigenvalue weighted by molar-refractivity contribution is 7.99. The normalized spacial score (nSPS) is 12.3. The van der Waals surface area contributed by atoms with Crippen LogP contribution in [0, 0.1) is 0 Å². The van der Waals surface area contributed by atoms with Gasteiger partial charge in [-0.15, -0.1) is 0 Å². The van der Waals surface area contributed by atoms with Crippen LogP contribution >= 0.6 is 23.4 Å². The second-order valence-corrected chi connectivity index (χ2v) is 6.16. The summed E-state index contributed by atoms with van der Waals surface area (Å²) in [6, 6.07) is 17.0. The highest BCUT2D eigenvalue weighted by Gasteiger charge is 2.12. The first-order chi connectivity index (χ1) is 9.74. The van der Waals surface area contributed by atoms with Crippen molar-refractivity contribution in [1.82, 2.24) is 5.32 Å². The Balaban J connectivity index is 2.25. The number of hydrogen-bond acceptors (Lipinski definition) is 2. The van der Waals surface area contributed by atoms with Crippen LogP contribution in [-0.4, -0.2) is 6.54 Å². The molecule has 1 nitrogen and oxygen atoms in total. The minimum absolute atomic E-state index is 0.413. The van der Waals surface area contributed by atoms with Crippen LogP contribution in [0.4, 0.5) is 0 Å². The van der Waals surface area contributed by atoms with Gasteiger partial charge in [0, 0.05) is 20.9 Å². The first-order valence-electron chi connectivity index (χ1n) is 7.00. The van der Waals surface area contributed by atoms with E-state index >= 15 is 0 Å². The van der Waals surface area contributed by atoms with Crippen LogP contribution in [0.15, 0.2) is 58.3 Å². The van der Waals surface area contributed by atoms with Crippen molar-refractivity contribution in [1.29, 1.82) is 0 Å². The lowest BCUT2D eigenvalue weighted by Crippen LogP contribution is -2.20. The lowest BCUT2D eigenvalue weighted by molar-refractivity contribution is 0.530. The highest BCUT2D eigenvalue weighted by atomic mass is 35.5. The quantitative estimate of drug-likeness (QED) is 0.750. The summed E-state index contributed by atoms with van der Waals surface area (Å²) in [6.45, 7) is 5.35. The summed E-state index contributed by atoms with van der Waals surface area (Å²) < 4.78 is 0. The van der Waals surface area contributed by atoms with E-state index in [1.165, 1.54) is 15.4 Å². The third-order valence-electron chi connectivity index (χ3n) is 3.19. The number of nitrogens with one attached hydrogen (secondary N) is 1. The topological polar surface area (TPSA) is 12.0 Å². The van der Waals surface area contributed by atoms with E-state index in [4.69, 9.17) is 11.6 Å². The van der Waals surface area contributed by atoms with Gasteiger partial charge in [0.2, 0.25) is 0 Å². The smallest absolute Gasteiger partial charge is 0.0406 e. The van der Waals surface area contributed by atoms with Crippen molar-refractivity contribution < 1.29 is 0 Å². The molecule has 0 aliphatic carbocycles. The molecule has 0 aliphatic heterocycles. The molecule has 2 aromatic carbocycles.